The fourth-order valence-electron chi connectivity index (χ4n) is 4.85. The lowest BCUT2D eigenvalue weighted by atomic mass is 9.89. The number of fused-ring (bicyclic) bond motifs is 1. The van der Waals surface area contributed by atoms with Gasteiger partial charge >= 0.3 is 0 Å². The van der Waals surface area contributed by atoms with E-state index in [-0.39, 0.29) is 30.6 Å². The summed E-state index contributed by atoms with van der Waals surface area (Å²) in [6.07, 6.45) is 14.7. The molecule has 1 aromatic rings. The van der Waals surface area contributed by atoms with Gasteiger partial charge in [0.25, 0.3) is 0 Å². The van der Waals surface area contributed by atoms with Gasteiger partial charge in [-0.05, 0) is 49.3 Å². The van der Waals surface area contributed by atoms with Gasteiger partial charge in [0.2, 0.25) is 12.7 Å². The van der Waals surface area contributed by atoms with E-state index in [1.54, 1.807) is 0 Å². The average molecular weight is 472 g/mol. The number of aliphatic hydroxyl groups excluding tert-OH is 1. The van der Waals surface area contributed by atoms with E-state index >= 15 is 0 Å². The minimum atomic E-state index is -0.390. The molecule has 0 saturated heterocycles. The van der Waals surface area contributed by atoms with Crippen molar-refractivity contribution in [3.05, 3.63) is 35.9 Å². The number of amides is 1. The lowest BCUT2D eigenvalue weighted by molar-refractivity contribution is -0.122. The van der Waals surface area contributed by atoms with Crippen molar-refractivity contribution < 1.29 is 24.2 Å². The molecular formula is C28H41NO5. The molecule has 0 unspecified atom stereocenters. The van der Waals surface area contributed by atoms with E-state index in [9.17, 15) is 14.7 Å². The first-order chi connectivity index (χ1) is 16.6. The van der Waals surface area contributed by atoms with Crippen molar-refractivity contribution in [1.82, 2.24) is 5.32 Å². The molecule has 3 atom stereocenters. The van der Waals surface area contributed by atoms with Crippen LogP contribution in [0.15, 0.2) is 30.4 Å². The van der Waals surface area contributed by atoms with E-state index in [0.29, 0.717) is 25.2 Å². The summed E-state index contributed by atoms with van der Waals surface area (Å²) in [5.74, 6) is 2.29. The summed E-state index contributed by atoms with van der Waals surface area (Å²) in [4.78, 5) is 24.5. The number of carbonyl (C=O) groups is 2. The Morgan fingerprint density at radius 3 is 2.82 bits per heavy atom. The highest BCUT2D eigenvalue weighted by molar-refractivity contribution is 5.83. The van der Waals surface area contributed by atoms with E-state index in [2.05, 4.69) is 18.3 Å². The summed E-state index contributed by atoms with van der Waals surface area (Å²) in [6.45, 7) is 2.90. The molecular weight excluding hydrogens is 430 g/mol. The summed E-state index contributed by atoms with van der Waals surface area (Å²) in [5, 5.41) is 13.1. The standard InChI is InChI=1S/C28H41NO5/c1-2-3-6-9-23(30)15-13-22-14-16-25(31)24(22)10-7-4-5-8-11-28(32)29-19-21-12-17-26-27(18-21)34-20-33-26/h12-13,15,17-18,22-24,30H,2-11,14,16,19-20H2,1H3,(H,29,32)/t22-,23+,24-/m1/s1. The molecule has 0 aromatic heterocycles. The molecule has 0 radical (unpaired) electrons. The molecule has 1 fully saturated rings. The molecule has 1 heterocycles. The molecule has 188 valence electrons. The summed E-state index contributed by atoms with van der Waals surface area (Å²) in [7, 11) is 0. The number of carbonyl (C=O) groups excluding carboxylic acids is 2. The van der Waals surface area contributed by atoms with E-state index in [0.717, 1.165) is 81.3 Å². The van der Waals surface area contributed by atoms with E-state index in [1.165, 1.54) is 0 Å². The number of ketones is 1. The Morgan fingerprint density at radius 1 is 1.15 bits per heavy atom. The summed E-state index contributed by atoms with van der Waals surface area (Å²) < 4.78 is 10.7. The van der Waals surface area contributed by atoms with Gasteiger partial charge in [0.15, 0.2) is 11.5 Å². The maximum atomic E-state index is 12.3. The molecule has 1 amide bonds. The van der Waals surface area contributed by atoms with Gasteiger partial charge in [-0.1, -0.05) is 63.7 Å². The van der Waals surface area contributed by atoms with Crippen LogP contribution in [0.4, 0.5) is 0 Å². The largest absolute Gasteiger partial charge is 0.454 e. The quantitative estimate of drug-likeness (QED) is 0.262. The molecule has 6 heteroatoms. The first-order valence-corrected chi connectivity index (χ1v) is 13.1. The molecule has 1 aliphatic heterocycles. The molecule has 34 heavy (non-hydrogen) atoms. The number of allylic oxidation sites excluding steroid dienone is 1. The summed E-state index contributed by atoms with van der Waals surface area (Å²) in [5.41, 5.74) is 0.996. The van der Waals surface area contributed by atoms with Crippen LogP contribution >= 0.6 is 0 Å². The molecule has 0 bridgehead atoms. The first-order valence-electron chi connectivity index (χ1n) is 13.1. The SMILES string of the molecule is CCCCC[C@H](O)C=C[C@@H]1CCC(=O)[C@@H]1CCCCCCC(=O)NCc1ccc2c(c1)OCO2. The fourth-order valence-corrected chi connectivity index (χ4v) is 4.85. The van der Waals surface area contributed by atoms with Gasteiger partial charge in [0.1, 0.15) is 5.78 Å². The molecule has 3 rings (SSSR count). The van der Waals surface area contributed by atoms with Gasteiger partial charge in [-0.15, -0.1) is 0 Å². The molecule has 1 aliphatic carbocycles. The number of nitrogens with one attached hydrogen (secondary N) is 1. The smallest absolute Gasteiger partial charge is 0.231 e. The van der Waals surface area contributed by atoms with Crippen LogP contribution in [-0.4, -0.2) is 29.7 Å². The van der Waals surface area contributed by atoms with Crippen molar-refractivity contribution >= 4 is 11.7 Å². The van der Waals surface area contributed by atoms with Crippen LogP contribution in [0.1, 0.15) is 89.5 Å². The van der Waals surface area contributed by atoms with Crippen LogP contribution in [0.3, 0.4) is 0 Å². The van der Waals surface area contributed by atoms with E-state index in [4.69, 9.17) is 9.47 Å². The highest BCUT2D eigenvalue weighted by Crippen LogP contribution is 2.34. The van der Waals surface area contributed by atoms with Crippen LogP contribution in [0, 0.1) is 11.8 Å². The number of Topliss-reactive ketones (excluding diaryl/α,β-unsaturated/α-hetero) is 1. The Labute approximate surface area is 204 Å². The molecule has 6 nitrogen and oxygen atoms in total. The Balaban J connectivity index is 1.26. The number of ether oxygens (including phenoxy) is 2. The monoisotopic (exact) mass is 471 g/mol. The average Bonchev–Trinajstić information content (AvgIpc) is 3.44. The Hall–Kier alpha value is -2.34. The lowest BCUT2D eigenvalue weighted by Gasteiger charge is -2.15. The zero-order chi connectivity index (χ0) is 24.2. The topological polar surface area (TPSA) is 84.9 Å². The van der Waals surface area contributed by atoms with Crippen LogP contribution in [0.5, 0.6) is 11.5 Å². The van der Waals surface area contributed by atoms with Crippen molar-refractivity contribution in [3.63, 3.8) is 0 Å². The van der Waals surface area contributed by atoms with Crippen molar-refractivity contribution in [2.24, 2.45) is 11.8 Å². The van der Waals surface area contributed by atoms with Crippen LogP contribution in [0.2, 0.25) is 0 Å². The summed E-state index contributed by atoms with van der Waals surface area (Å²) >= 11 is 0. The molecule has 2 aliphatic rings. The molecule has 1 saturated carbocycles. The third kappa shape index (κ3) is 8.46. The van der Waals surface area contributed by atoms with E-state index < -0.39 is 0 Å². The van der Waals surface area contributed by atoms with Gasteiger partial charge < -0.3 is 19.9 Å². The number of aliphatic hydroxyl groups is 1. The van der Waals surface area contributed by atoms with Gasteiger partial charge in [0, 0.05) is 25.3 Å². The molecule has 0 spiro atoms. The number of benzene rings is 1. The van der Waals surface area contributed by atoms with Crippen LogP contribution in [0.25, 0.3) is 0 Å². The number of rotatable bonds is 15. The maximum absolute atomic E-state index is 12.3. The highest BCUT2D eigenvalue weighted by Gasteiger charge is 2.32. The second-order valence-corrected chi connectivity index (χ2v) is 9.64. The van der Waals surface area contributed by atoms with Gasteiger partial charge in [-0.25, -0.2) is 0 Å². The number of hydrogen-bond donors (Lipinski definition) is 2. The maximum Gasteiger partial charge on any atom is 0.231 e. The minimum absolute atomic E-state index is 0.0614. The van der Waals surface area contributed by atoms with Crippen LogP contribution < -0.4 is 14.8 Å². The van der Waals surface area contributed by atoms with Crippen LogP contribution in [-0.2, 0) is 16.1 Å². The third-order valence-corrected chi connectivity index (χ3v) is 6.93. The fraction of sp³-hybridized carbons (Fsp3) is 0.643. The third-order valence-electron chi connectivity index (χ3n) is 6.93. The number of unbranched alkanes of at least 4 members (excludes halogenated alkanes) is 5. The number of hydrogen-bond acceptors (Lipinski definition) is 5. The van der Waals surface area contributed by atoms with Crippen molar-refractivity contribution in [2.75, 3.05) is 6.79 Å². The van der Waals surface area contributed by atoms with Gasteiger partial charge in [0.05, 0.1) is 6.10 Å². The highest BCUT2D eigenvalue weighted by atomic mass is 16.7. The molecule has 1 aromatic carbocycles. The van der Waals surface area contributed by atoms with Gasteiger partial charge in [-0.3, -0.25) is 9.59 Å². The Bertz CT molecular complexity index is 821. The lowest BCUT2D eigenvalue weighted by Crippen LogP contribution is -2.22. The minimum Gasteiger partial charge on any atom is -0.454 e. The summed E-state index contributed by atoms with van der Waals surface area (Å²) in [6, 6.07) is 5.71. The zero-order valence-electron chi connectivity index (χ0n) is 20.6. The van der Waals surface area contributed by atoms with Crippen molar-refractivity contribution in [3.8, 4) is 11.5 Å². The normalized spacial score (nSPS) is 20.2. The van der Waals surface area contributed by atoms with E-state index in [1.807, 2.05) is 24.3 Å². The molecule has 2 N–H and O–H groups in total. The van der Waals surface area contributed by atoms with Crippen molar-refractivity contribution in [2.45, 2.75) is 96.6 Å². The Kier molecular flexibility index (Phi) is 10.9. The second-order valence-electron chi connectivity index (χ2n) is 9.64. The zero-order valence-corrected chi connectivity index (χ0v) is 20.6. The predicted octanol–water partition coefficient (Wildman–Crippen LogP) is 5.46. The predicted molar refractivity (Wildman–Crippen MR) is 133 cm³/mol. The van der Waals surface area contributed by atoms with Crippen molar-refractivity contribution in [1.29, 1.82) is 0 Å². The first kappa shape index (κ1) is 26.3. The van der Waals surface area contributed by atoms with Gasteiger partial charge in [-0.2, -0.15) is 0 Å². The second kappa shape index (κ2) is 14.1. The Morgan fingerprint density at radius 2 is 1.97 bits per heavy atom.